The lowest BCUT2D eigenvalue weighted by atomic mass is 9.98. The van der Waals surface area contributed by atoms with Crippen molar-refractivity contribution >= 4 is 27.8 Å². The first-order valence-electron chi connectivity index (χ1n) is 9.56. The molecule has 29 heavy (non-hydrogen) atoms. The summed E-state index contributed by atoms with van der Waals surface area (Å²) in [7, 11) is 0. The van der Waals surface area contributed by atoms with Crippen LogP contribution in [-0.2, 0) is 17.6 Å². The predicted octanol–water partition coefficient (Wildman–Crippen LogP) is 3.40. The standard InChI is InChI=1S/C22H23N3O4/c1-11-7-17-20(21-19(11)12(2)14(4)28-21)13(3)16(22(27)29-17)8-18(26)24-6-5-15-9-23-10-25-15/h7,9-10H,5-6,8H2,1-4H3,(H,23,25)(H,24,26). The van der Waals surface area contributed by atoms with Crippen LogP contribution in [0.15, 0.2) is 32.2 Å². The molecule has 4 rings (SSSR count). The number of carbonyl (C=O) groups excluding carboxylic acids is 1. The molecule has 0 bridgehead atoms. The lowest BCUT2D eigenvalue weighted by Crippen LogP contribution is -2.29. The Morgan fingerprint density at radius 3 is 2.66 bits per heavy atom. The third-order valence-corrected chi connectivity index (χ3v) is 5.49. The molecule has 0 aliphatic heterocycles. The minimum absolute atomic E-state index is 0.0406. The molecule has 150 valence electrons. The van der Waals surface area contributed by atoms with E-state index in [1.165, 1.54) is 0 Å². The van der Waals surface area contributed by atoms with E-state index in [1.54, 1.807) is 12.5 Å². The number of nitrogens with one attached hydrogen (secondary N) is 2. The Hall–Kier alpha value is -3.35. The topological polar surface area (TPSA) is 101 Å². The van der Waals surface area contributed by atoms with Crippen LogP contribution in [0.4, 0.5) is 0 Å². The Kier molecular flexibility index (Phi) is 4.74. The van der Waals surface area contributed by atoms with Gasteiger partial charge in [-0.15, -0.1) is 0 Å². The molecule has 0 atom stereocenters. The van der Waals surface area contributed by atoms with Crippen molar-refractivity contribution in [2.45, 2.75) is 40.5 Å². The maximum absolute atomic E-state index is 12.6. The zero-order valence-electron chi connectivity index (χ0n) is 16.9. The quantitative estimate of drug-likeness (QED) is 0.506. The van der Waals surface area contributed by atoms with E-state index in [9.17, 15) is 9.59 Å². The van der Waals surface area contributed by atoms with Crippen molar-refractivity contribution < 1.29 is 13.6 Å². The van der Waals surface area contributed by atoms with Crippen LogP contribution < -0.4 is 10.9 Å². The van der Waals surface area contributed by atoms with E-state index in [-0.39, 0.29) is 12.3 Å². The minimum atomic E-state index is -0.488. The Morgan fingerprint density at radius 2 is 1.93 bits per heavy atom. The van der Waals surface area contributed by atoms with E-state index in [0.717, 1.165) is 38.9 Å². The zero-order chi connectivity index (χ0) is 20.7. The molecular formula is C22H23N3O4. The van der Waals surface area contributed by atoms with E-state index in [2.05, 4.69) is 15.3 Å². The Balaban J connectivity index is 1.68. The van der Waals surface area contributed by atoms with Gasteiger partial charge < -0.3 is 19.1 Å². The van der Waals surface area contributed by atoms with Crippen molar-refractivity contribution in [3.63, 3.8) is 0 Å². The van der Waals surface area contributed by atoms with Gasteiger partial charge in [0.1, 0.15) is 16.9 Å². The van der Waals surface area contributed by atoms with Crippen LogP contribution in [0.1, 0.15) is 33.7 Å². The average molecular weight is 393 g/mol. The van der Waals surface area contributed by atoms with Gasteiger partial charge in [-0.2, -0.15) is 0 Å². The number of aromatic nitrogens is 2. The number of aryl methyl sites for hydroxylation is 4. The number of furan rings is 1. The van der Waals surface area contributed by atoms with Crippen molar-refractivity contribution in [2.24, 2.45) is 0 Å². The molecule has 3 aromatic heterocycles. The monoisotopic (exact) mass is 393 g/mol. The van der Waals surface area contributed by atoms with Crippen molar-refractivity contribution in [3.8, 4) is 0 Å². The number of H-pyrrole nitrogens is 1. The largest absolute Gasteiger partial charge is 0.460 e. The van der Waals surface area contributed by atoms with Gasteiger partial charge in [0.05, 0.1) is 23.7 Å². The molecule has 2 N–H and O–H groups in total. The summed E-state index contributed by atoms with van der Waals surface area (Å²) in [6, 6.07) is 1.86. The van der Waals surface area contributed by atoms with Gasteiger partial charge in [-0.3, -0.25) is 4.79 Å². The van der Waals surface area contributed by atoms with E-state index in [4.69, 9.17) is 8.83 Å². The fraction of sp³-hybridized carbons (Fsp3) is 0.318. The number of aromatic amines is 1. The SMILES string of the molecule is Cc1oc2c(c(C)cc3oc(=O)c(CC(=O)NCCc4cnc[nH]4)c(C)c32)c1C. The second-order valence-electron chi connectivity index (χ2n) is 7.40. The van der Waals surface area contributed by atoms with E-state index < -0.39 is 5.63 Å². The first-order chi connectivity index (χ1) is 13.9. The number of fused-ring (bicyclic) bond motifs is 3. The first-order valence-corrected chi connectivity index (χ1v) is 9.56. The van der Waals surface area contributed by atoms with Gasteiger partial charge >= 0.3 is 5.63 Å². The molecule has 0 radical (unpaired) electrons. The molecule has 3 heterocycles. The highest BCUT2D eigenvalue weighted by atomic mass is 16.4. The summed E-state index contributed by atoms with van der Waals surface area (Å²) >= 11 is 0. The first kappa shape index (κ1) is 19.0. The number of carbonyl (C=O) groups is 1. The van der Waals surface area contributed by atoms with Gasteiger partial charge in [0.25, 0.3) is 0 Å². The summed E-state index contributed by atoms with van der Waals surface area (Å²) < 4.78 is 11.6. The second-order valence-corrected chi connectivity index (χ2v) is 7.40. The lowest BCUT2D eigenvalue weighted by molar-refractivity contribution is -0.120. The van der Waals surface area contributed by atoms with Crippen LogP contribution in [0, 0.1) is 27.7 Å². The summed E-state index contributed by atoms with van der Waals surface area (Å²) in [5.74, 6) is 0.605. The summed E-state index contributed by atoms with van der Waals surface area (Å²) in [5, 5.41) is 4.62. The van der Waals surface area contributed by atoms with E-state index in [0.29, 0.717) is 29.7 Å². The zero-order valence-corrected chi connectivity index (χ0v) is 16.9. The Morgan fingerprint density at radius 1 is 1.14 bits per heavy atom. The average Bonchev–Trinajstić information content (AvgIpc) is 3.27. The van der Waals surface area contributed by atoms with Crippen LogP contribution in [-0.4, -0.2) is 22.4 Å². The normalized spacial score (nSPS) is 11.4. The molecule has 0 aliphatic carbocycles. The van der Waals surface area contributed by atoms with Gasteiger partial charge in [0.2, 0.25) is 5.91 Å². The van der Waals surface area contributed by atoms with Crippen molar-refractivity contribution in [1.29, 1.82) is 0 Å². The Bertz CT molecular complexity index is 1280. The van der Waals surface area contributed by atoms with Crippen LogP contribution in [0.2, 0.25) is 0 Å². The smallest absolute Gasteiger partial charge is 0.340 e. The van der Waals surface area contributed by atoms with Crippen molar-refractivity contribution in [3.05, 3.63) is 62.7 Å². The molecule has 0 fully saturated rings. The molecule has 7 heteroatoms. The maximum atomic E-state index is 12.6. The number of benzene rings is 1. The summed E-state index contributed by atoms with van der Waals surface area (Å²) in [5.41, 5.74) is 4.78. The predicted molar refractivity (Wildman–Crippen MR) is 110 cm³/mol. The molecular weight excluding hydrogens is 370 g/mol. The van der Waals surface area contributed by atoms with E-state index in [1.807, 2.05) is 33.8 Å². The highest BCUT2D eigenvalue weighted by molar-refractivity contribution is 6.07. The van der Waals surface area contributed by atoms with Crippen LogP contribution in [0.25, 0.3) is 21.9 Å². The molecule has 0 aliphatic rings. The number of imidazole rings is 1. The molecule has 7 nitrogen and oxygen atoms in total. The summed E-state index contributed by atoms with van der Waals surface area (Å²) in [6.07, 6.45) is 3.92. The van der Waals surface area contributed by atoms with Gasteiger partial charge in [-0.25, -0.2) is 9.78 Å². The highest BCUT2D eigenvalue weighted by Gasteiger charge is 2.21. The van der Waals surface area contributed by atoms with Gasteiger partial charge in [-0.1, -0.05) is 0 Å². The molecule has 0 unspecified atom stereocenters. The highest BCUT2D eigenvalue weighted by Crippen LogP contribution is 2.35. The fourth-order valence-electron chi connectivity index (χ4n) is 3.82. The Labute approximate surface area is 167 Å². The molecule has 1 aromatic carbocycles. The molecule has 0 spiro atoms. The van der Waals surface area contributed by atoms with Gasteiger partial charge in [0.15, 0.2) is 0 Å². The third-order valence-electron chi connectivity index (χ3n) is 5.49. The molecule has 0 saturated carbocycles. The summed E-state index contributed by atoms with van der Waals surface area (Å²) in [4.78, 5) is 31.9. The van der Waals surface area contributed by atoms with Crippen LogP contribution >= 0.6 is 0 Å². The van der Waals surface area contributed by atoms with Gasteiger partial charge in [0, 0.05) is 30.2 Å². The number of nitrogens with zero attached hydrogens (tertiary/aromatic N) is 1. The van der Waals surface area contributed by atoms with E-state index >= 15 is 0 Å². The minimum Gasteiger partial charge on any atom is -0.460 e. The lowest BCUT2D eigenvalue weighted by Gasteiger charge is -2.10. The number of amides is 1. The number of hydrogen-bond acceptors (Lipinski definition) is 5. The maximum Gasteiger partial charge on any atom is 0.340 e. The summed E-state index contributed by atoms with van der Waals surface area (Å²) in [6.45, 7) is 8.21. The molecule has 4 aromatic rings. The van der Waals surface area contributed by atoms with Crippen LogP contribution in [0.5, 0.6) is 0 Å². The van der Waals surface area contributed by atoms with Gasteiger partial charge in [-0.05, 0) is 50.5 Å². The fourth-order valence-corrected chi connectivity index (χ4v) is 3.82. The number of rotatable bonds is 5. The number of hydrogen-bond donors (Lipinski definition) is 2. The van der Waals surface area contributed by atoms with Crippen LogP contribution in [0.3, 0.4) is 0 Å². The third kappa shape index (κ3) is 3.33. The second kappa shape index (κ2) is 7.24. The molecule has 0 saturated heterocycles. The van der Waals surface area contributed by atoms with Crippen molar-refractivity contribution in [2.75, 3.05) is 6.54 Å². The molecule has 1 amide bonds. The van der Waals surface area contributed by atoms with Crippen molar-refractivity contribution in [1.82, 2.24) is 15.3 Å².